The second-order valence-corrected chi connectivity index (χ2v) is 6.84. The van der Waals surface area contributed by atoms with E-state index < -0.39 is 0 Å². The van der Waals surface area contributed by atoms with Crippen LogP contribution < -0.4 is 4.74 Å². The highest BCUT2D eigenvalue weighted by Gasteiger charge is 2.24. The Morgan fingerprint density at radius 1 is 1.16 bits per heavy atom. The molecule has 1 aromatic carbocycles. The number of aromatic nitrogens is 1. The van der Waals surface area contributed by atoms with Crippen LogP contribution in [0.4, 0.5) is 4.39 Å². The summed E-state index contributed by atoms with van der Waals surface area (Å²) >= 11 is 0. The van der Waals surface area contributed by atoms with Gasteiger partial charge in [-0.05, 0) is 56.5 Å². The van der Waals surface area contributed by atoms with Crippen LogP contribution in [0.1, 0.15) is 31.2 Å². The van der Waals surface area contributed by atoms with E-state index >= 15 is 0 Å². The van der Waals surface area contributed by atoms with Crippen LogP contribution >= 0.6 is 0 Å². The first-order chi connectivity index (χ1) is 12.3. The van der Waals surface area contributed by atoms with Crippen molar-refractivity contribution in [1.82, 2.24) is 9.88 Å². The zero-order valence-corrected chi connectivity index (χ0v) is 15.0. The summed E-state index contributed by atoms with van der Waals surface area (Å²) < 4.78 is 18.1. The molecule has 2 heterocycles. The van der Waals surface area contributed by atoms with Crippen LogP contribution in [0.3, 0.4) is 0 Å². The van der Waals surface area contributed by atoms with E-state index in [1.54, 1.807) is 6.20 Å². The average molecular weight is 342 g/mol. The zero-order valence-electron chi connectivity index (χ0n) is 15.0. The maximum absolute atomic E-state index is 12.2. The maximum atomic E-state index is 12.2. The molecule has 0 unspecified atom stereocenters. The number of hydrogen-bond donors (Lipinski definition) is 0. The Bertz CT molecular complexity index is 676. The maximum Gasteiger partial charge on any atom is 0.138 e. The van der Waals surface area contributed by atoms with Gasteiger partial charge in [0, 0.05) is 17.8 Å². The molecule has 4 heteroatoms. The lowest BCUT2D eigenvalue weighted by Gasteiger charge is -2.37. The van der Waals surface area contributed by atoms with Gasteiger partial charge in [0.1, 0.15) is 12.4 Å². The second-order valence-electron chi connectivity index (χ2n) is 6.84. The van der Waals surface area contributed by atoms with E-state index in [9.17, 15) is 4.39 Å². The highest BCUT2D eigenvalue weighted by Crippen LogP contribution is 2.25. The van der Waals surface area contributed by atoms with Gasteiger partial charge in [-0.1, -0.05) is 30.7 Å². The number of alkyl halides is 1. The van der Waals surface area contributed by atoms with Gasteiger partial charge in [-0.25, -0.2) is 0 Å². The third-order valence-corrected chi connectivity index (χ3v) is 4.95. The molecule has 25 heavy (non-hydrogen) atoms. The first-order valence-corrected chi connectivity index (χ1v) is 9.19. The number of hydrogen-bond acceptors (Lipinski definition) is 3. The topological polar surface area (TPSA) is 25.4 Å². The Morgan fingerprint density at radius 3 is 2.84 bits per heavy atom. The highest BCUT2D eigenvalue weighted by atomic mass is 19.1. The van der Waals surface area contributed by atoms with Crippen LogP contribution in [0, 0.1) is 0 Å². The monoisotopic (exact) mass is 342 g/mol. The second kappa shape index (κ2) is 8.95. The number of rotatable bonds is 9. The van der Waals surface area contributed by atoms with E-state index in [2.05, 4.69) is 47.3 Å². The van der Waals surface area contributed by atoms with Gasteiger partial charge in [0.2, 0.25) is 0 Å². The fourth-order valence-corrected chi connectivity index (χ4v) is 3.14. The highest BCUT2D eigenvalue weighted by molar-refractivity contribution is 5.64. The molecule has 0 radical (unpaired) electrons. The van der Waals surface area contributed by atoms with Crippen molar-refractivity contribution in [3.05, 3.63) is 48.3 Å². The Labute approximate surface area is 149 Å². The minimum absolute atomic E-state index is 0.213. The molecule has 0 amide bonds. The molecule has 0 saturated carbocycles. The summed E-state index contributed by atoms with van der Waals surface area (Å²) in [4.78, 5) is 6.65. The third-order valence-electron chi connectivity index (χ3n) is 4.95. The Morgan fingerprint density at radius 2 is 2.08 bits per heavy atom. The fourth-order valence-electron chi connectivity index (χ4n) is 3.14. The summed E-state index contributed by atoms with van der Waals surface area (Å²) in [5.74, 6) is 0.825. The summed E-state index contributed by atoms with van der Waals surface area (Å²) in [5.41, 5.74) is 3.52. The fraction of sp³-hybridized carbons (Fsp3) is 0.476. The van der Waals surface area contributed by atoms with Gasteiger partial charge in [-0.15, -0.1) is 0 Å². The first-order valence-electron chi connectivity index (χ1n) is 9.19. The number of aryl methyl sites for hydroxylation is 1. The molecule has 3 rings (SSSR count). The lowest BCUT2D eigenvalue weighted by atomic mass is 10.0. The van der Waals surface area contributed by atoms with E-state index in [-0.39, 0.29) is 6.67 Å². The van der Waals surface area contributed by atoms with E-state index in [1.165, 1.54) is 12.0 Å². The minimum atomic E-state index is -0.213. The predicted molar refractivity (Wildman–Crippen MR) is 99.7 cm³/mol. The zero-order chi connectivity index (χ0) is 17.5. The molecule has 1 fully saturated rings. The van der Waals surface area contributed by atoms with Crippen LogP contribution in [0.15, 0.2) is 42.7 Å². The smallest absolute Gasteiger partial charge is 0.138 e. The molecule has 0 spiro atoms. The van der Waals surface area contributed by atoms with Crippen molar-refractivity contribution in [3.8, 4) is 16.9 Å². The molecular weight excluding hydrogens is 315 g/mol. The summed E-state index contributed by atoms with van der Waals surface area (Å²) in [5, 5.41) is 0. The summed E-state index contributed by atoms with van der Waals surface area (Å²) in [6, 6.07) is 11.1. The predicted octanol–water partition coefficient (Wildman–Crippen LogP) is 4.51. The van der Waals surface area contributed by atoms with Crippen LogP contribution in [0.2, 0.25) is 0 Å². The van der Waals surface area contributed by atoms with E-state index in [0.717, 1.165) is 49.3 Å². The third kappa shape index (κ3) is 5.02. The molecule has 1 aliphatic rings. The SMILES string of the molecule is CN1CC[C@H]1COc1cncc(-c2cccc(CCCCCF)c2)c1. The normalized spacial score (nSPS) is 17.3. The quantitative estimate of drug-likeness (QED) is 0.627. The van der Waals surface area contributed by atoms with Gasteiger partial charge >= 0.3 is 0 Å². The number of ether oxygens (including phenoxy) is 1. The lowest BCUT2D eigenvalue weighted by molar-refractivity contribution is 0.0768. The van der Waals surface area contributed by atoms with E-state index in [1.807, 2.05) is 6.20 Å². The number of benzene rings is 1. The van der Waals surface area contributed by atoms with Crippen LogP contribution in [-0.2, 0) is 6.42 Å². The van der Waals surface area contributed by atoms with Crippen molar-refractivity contribution in [1.29, 1.82) is 0 Å². The minimum Gasteiger partial charge on any atom is -0.490 e. The molecular formula is C21H27FN2O. The van der Waals surface area contributed by atoms with Crippen molar-refractivity contribution in [2.75, 3.05) is 26.9 Å². The van der Waals surface area contributed by atoms with Crippen LogP contribution in [0.25, 0.3) is 11.1 Å². The average Bonchev–Trinajstić information content (AvgIpc) is 2.65. The van der Waals surface area contributed by atoms with Crippen molar-refractivity contribution in [3.63, 3.8) is 0 Å². The summed E-state index contributed by atoms with van der Waals surface area (Å²) in [7, 11) is 2.13. The number of pyridine rings is 1. The summed E-state index contributed by atoms with van der Waals surface area (Å²) in [6.07, 6.45) is 8.50. The van der Waals surface area contributed by atoms with Crippen molar-refractivity contribution in [2.24, 2.45) is 0 Å². The Balaban J connectivity index is 1.61. The molecule has 1 aromatic heterocycles. The molecule has 134 valence electrons. The standard InChI is InChI=1S/C21H27FN2O/c1-24-11-9-20(24)16-25-21-13-19(14-23-15-21)18-8-5-7-17(12-18)6-3-2-4-10-22/h5,7-8,12-15,20H,2-4,6,9-11,16H2,1H3/t20-/m0/s1. The number of halogens is 1. The molecule has 1 atom stereocenters. The van der Waals surface area contributed by atoms with Gasteiger partial charge < -0.3 is 4.74 Å². The van der Waals surface area contributed by atoms with Gasteiger partial charge in [-0.3, -0.25) is 14.3 Å². The lowest BCUT2D eigenvalue weighted by Crippen LogP contribution is -2.48. The molecule has 3 nitrogen and oxygen atoms in total. The number of nitrogens with zero attached hydrogens (tertiary/aromatic N) is 2. The van der Waals surface area contributed by atoms with E-state index in [4.69, 9.17) is 4.74 Å². The number of unbranched alkanes of at least 4 members (excludes halogenated alkanes) is 2. The first kappa shape index (κ1) is 17.9. The van der Waals surface area contributed by atoms with Crippen molar-refractivity contribution in [2.45, 2.75) is 38.1 Å². The number of likely N-dealkylation sites (tertiary alicyclic amines) is 1. The van der Waals surface area contributed by atoms with Gasteiger partial charge in [0.25, 0.3) is 0 Å². The van der Waals surface area contributed by atoms with Gasteiger partial charge in [0.05, 0.1) is 12.9 Å². The summed E-state index contributed by atoms with van der Waals surface area (Å²) in [6.45, 7) is 1.66. The van der Waals surface area contributed by atoms with Crippen LogP contribution in [0.5, 0.6) is 5.75 Å². The van der Waals surface area contributed by atoms with E-state index in [0.29, 0.717) is 12.5 Å². The largest absolute Gasteiger partial charge is 0.490 e. The van der Waals surface area contributed by atoms with Crippen molar-refractivity contribution >= 4 is 0 Å². The van der Waals surface area contributed by atoms with Gasteiger partial charge in [-0.2, -0.15) is 0 Å². The van der Waals surface area contributed by atoms with Gasteiger partial charge in [0.15, 0.2) is 0 Å². The molecule has 0 aliphatic carbocycles. The molecule has 2 aromatic rings. The number of likely N-dealkylation sites (N-methyl/N-ethyl adjacent to an activating group) is 1. The molecule has 0 N–H and O–H groups in total. The molecule has 1 aliphatic heterocycles. The Hall–Kier alpha value is -1.94. The van der Waals surface area contributed by atoms with Crippen molar-refractivity contribution < 1.29 is 9.13 Å². The molecule has 1 saturated heterocycles. The van der Waals surface area contributed by atoms with Crippen LogP contribution in [-0.4, -0.2) is 42.8 Å². The molecule has 0 bridgehead atoms. The Kier molecular flexibility index (Phi) is 6.40.